The number of ether oxygens (including phenoxy) is 2. The number of hydrogen-bond acceptors (Lipinski definition) is 3. The van der Waals surface area contributed by atoms with Gasteiger partial charge in [-0.1, -0.05) is 54.6 Å². The third kappa shape index (κ3) is 4.89. The summed E-state index contributed by atoms with van der Waals surface area (Å²) in [4.78, 5) is 13.8. The van der Waals surface area contributed by atoms with Crippen molar-refractivity contribution in [1.29, 1.82) is 0 Å². The zero-order valence-electron chi connectivity index (χ0n) is 20.4. The molecule has 3 aromatic carbocycles. The molecule has 4 aliphatic rings. The Balaban J connectivity index is 0.00000267. The number of rotatable bonds is 7. The zero-order chi connectivity index (χ0) is 23.7. The number of nitrogens with zero attached hydrogens (tertiary/aromatic N) is 1. The van der Waals surface area contributed by atoms with Crippen molar-refractivity contribution in [2.24, 2.45) is 5.92 Å². The van der Waals surface area contributed by atoms with Crippen molar-refractivity contribution in [1.82, 2.24) is 5.32 Å². The average molecular weight is 550 g/mol. The van der Waals surface area contributed by atoms with Crippen LogP contribution in [0.5, 0.6) is 17.2 Å². The van der Waals surface area contributed by atoms with Crippen molar-refractivity contribution < 1.29 is 35.7 Å². The smallest absolute Gasteiger partial charge is 0.232 e. The molecule has 7 rings (SSSR count). The lowest BCUT2D eigenvalue weighted by Crippen LogP contribution is -3.00. The number of fused-ring (bicyclic) bond motifs is 5. The Labute approximate surface area is 223 Å². The molecule has 0 unspecified atom stereocenters. The molecule has 3 fully saturated rings. The first-order chi connectivity index (χ1) is 17.2. The fourth-order valence-corrected chi connectivity index (χ4v) is 6.33. The van der Waals surface area contributed by atoms with Gasteiger partial charge >= 0.3 is 0 Å². The Hall–Kier alpha value is -2.83. The maximum atomic E-state index is 13.8. The molecule has 0 aliphatic carbocycles. The van der Waals surface area contributed by atoms with Crippen molar-refractivity contribution in [3.63, 3.8) is 0 Å². The second-order valence-electron chi connectivity index (χ2n) is 10.3. The summed E-state index contributed by atoms with van der Waals surface area (Å²) in [6.07, 6.45) is 3.40. The highest BCUT2D eigenvalue weighted by molar-refractivity contribution is 5.89. The number of amides is 1. The van der Waals surface area contributed by atoms with Crippen LogP contribution in [0.25, 0.3) is 0 Å². The van der Waals surface area contributed by atoms with Crippen molar-refractivity contribution in [3.8, 4) is 17.2 Å². The zero-order valence-corrected chi connectivity index (χ0v) is 22.0. The van der Waals surface area contributed by atoms with E-state index in [0.717, 1.165) is 59.0 Å². The second kappa shape index (κ2) is 10.7. The fraction of sp³-hybridized carbons (Fsp3) is 0.367. The molecule has 0 saturated carbocycles. The Morgan fingerprint density at radius 3 is 2.17 bits per heavy atom. The maximum Gasteiger partial charge on any atom is 0.232 e. The van der Waals surface area contributed by atoms with Crippen molar-refractivity contribution >= 4 is 5.91 Å². The summed E-state index contributed by atoms with van der Waals surface area (Å²) in [5.74, 6) is 2.83. The van der Waals surface area contributed by atoms with Crippen LogP contribution < -0.4 is 31.8 Å². The number of quaternary nitrogens is 1. The standard InChI is InChI=1S/C30H32N2O3.BrH/c33-30(29-24-11-4-6-13-27(24)35-28-14-7-5-12-25(28)29)31-26-21-32(18-15-22(26)16-19-32)17-8-20-34-23-9-2-1-3-10-23;/h1-7,9-14,22,26,29H,8,15-21H2;1H/t22?,26-,32?;/m1./s1. The maximum absolute atomic E-state index is 13.8. The SMILES string of the molecule is O=C(N[C@@H]1C[N+]2(CCCOc3ccccc3)CCC1CC2)C1c2ccccc2Oc2ccccc21.[Br-]. The van der Waals surface area contributed by atoms with Crippen LogP contribution in [0.2, 0.25) is 0 Å². The van der Waals surface area contributed by atoms with Crippen molar-refractivity contribution in [3.05, 3.63) is 90.0 Å². The number of halogens is 1. The van der Waals surface area contributed by atoms with Crippen LogP contribution in [0.3, 0.4) is 0 Å². The van der Waals surface area contributed by atoms with Gasteiger partial charge in [-0.3, -0.25) is 4.79 Å². The van der Waals surface area contributed by atoms with Gasteiger partial charge in [0.05, 0.1) is 44.7 Å². The van der Waals surface area contributed by atoms with Crippen LogP contribution in [0.4, 0.5) is 0 Å². The minimum atomic E-state index is -0.334. The number of benzene rings is 3. The van der Waals surface area contributed by atoms with Crippen LogP contribution in [0, 0.1) is 5.92 Å². The molecule has 3 aromatic rings. The van der Waals surface area contributed by atoms with Gasteiger partial charge in [0, 0.05) is 30.4 Å². The summed E-state index contributed by atoms with van der Waals surface area (Å²) < 4.78 is 13.1. The number of carbonyl (C=O) groups excluding carboxylic acids is 1. The Morgan fingerprint density at radius 1 is 0.889 bits per heavy atom. The Kier molecular flexibility index (Phi) is 7.35. The highest BCUT2D eigenvalue weighted by Crippen LogP contribution is 2.44. The highest BCUT2D eigenvalue weighted by atomic mass is 79.9. The summed E-state index contributed by atoms with van der Waals surface area (Å²) in [6.45, 7) is 5.29. The summed E-state index contributed by atoms with van der Waals surface area (Å²) in [5.41, 5.74) is 1.90. The van der Waals surface area contributed by atoms with Gasteiger partial charge in [0.2, 0.25) is 5.91 Å². The molecule has 0 aromatic heterocycles. The first kappa shape index (κ1) is 24.8. The van der Waals surface area contributed by atoms with E-state index < -0.39 is 0 Å². The van der Waals surface area contributed by atoms with Gasteiger partial charge in [-0.25, -0.2) is 0 Å². The van der Waals surface area contributed by atoms with Crippen LogP contribution in [-0.2, 0) is 4.79 Å². The lowest BCUT2D eigenvalue weighted by molar-refractivity contribution is -0.944. The van der Waals surface area contributed by atoms with Gasteiger partial charge in [-0.2, -0.15) is 0 Å². The minimum absolute atomic E-state index is 0. The van der Waals surface area contributed by atoms with Crippen molar-refractivity contribution in [2.75, 3.05) is 32.8 Å². The van der Waals surface area contributed by atoms with Gasteiger partial charge < -0.3 is 36.3 Å². The van der Waals surface area contributed by atoms with Crippen LogP contribution in [0.15, 0.2) is 78.9 Å². The lowest BCUT2D eigenvalue weighted by atomic mass is 9.80. The largest absolute Gasteiger partial charge is 1.00 e. The van der Waals surface area contributed by atoms with Gasteiger partial charge in [0.1, 0.15) is 17.2 Å². The summed E-state index contributed by atoms with van der Waals surface area (Å²) in [6, 6.07) is 26.1. The van der Waals surface area contributed by atoms with E-state index in [2.05, 4.69) is 5.32 Å². The molecule has 0 spiro atoms. The molecule has 3 saturated heterocycles. The molecular weight excluding hydrogens is 516 g/mol. The molecule has 1 atom stereocenters. The minimum Gasteiger partial charge on any atom is -1.00 e. The van der Waals surface area contributed by atoms with Crippen LogP contribution in [0.1, 0.15) is 36.3 Å². The van der Waals surface area contributed by atoms with E-state index >= 15 is 0 Å². The summed E-state index contributed by atoms with van der Waals surface area (Å²) in [7, 11) is 0. The Bertz CT molecular complexity index is 1150. The first-order valence-electron chi connectivity index (χ1n) is 12.9. The quantitative estimate of drug-likeness (QED) is 0.363. The molecule has 36 heavy (non-hydrogen) atoms. The van der Waals surface area contributed by atoms with Gasteiger partial charge in [0.25, 0.3) is 0 Å². The van der Waals surface area contributed by atoms with Gasteiger partial charge in [-0.05, 0) is 30.2 Å². The first-order valence-corrected chi connectivity index (χ1v) is 12.9. The molecular formula is C30H33BrN2O3. The van der Waals surface area contributed by atoms with Gasteiger partial charge in [-0.15, -0.1) is 0 Å². The highest BCUT2D eigenvalue weighted by Gasteiger charge is 2.47. The van der Waals surface area contributed by atoms with Crippen molar-refractivity contribution in [2.45, 2.75) is 31.2 Å². The lowest BCUT2D eigenvalue weighted by Gasteiger charge is -2.53. The van der Waals surface area contributed by atoms with E-state index in [1.165, 1.54) is 25.9 Å². The molecule has 6 heteroatoms. The topological polar surface area (TPSA) is 47.6 Å². The summed E-state index contributed by atoms with van der Waals surface area (Å²) >= 11 is 0. The molecule has 4 heterocycles. The van der Waals surface area contributed by atoms with E-state index in [-0.39, 0.29) is 34.8 Å². The van der Waals surface area contributed by atoms with E-state index in [4.69, 9.17) is 9.47 Å². The molecule has 2 bridgehead atoms. The van der Waals surface area contributed by atoms with Gasteiger partial charge in [0.15, 0.2) is 0 Å². The number of para-hydroxylation sites is 3. The molecule has 4 aliphatic heterocycles. The van der Waals surface area contributed by atoms with E-state index in [1.54, 1.807) is 0 Å². The predicted octanol–water partition coefficient (Wildman–Crippen LogP) is 2.12. The molecule has 1 amide bonds. The van der Waals surface area contributed by atoms with E-state index in [1.807, 2.05) is 78.9 Å². The third-order valence-electron chi connectivity index (χ3n) is 8.16. The van der Waals surface area contributed by atoms with Crippen LogP contribution in [-0.4, -0.2) is 49.2 Å². The monoisotopic (exact) mass is 548 g/mol. The number of nitrogens with one attached hydrogen (secondary N) is 1. The van der Waals surface area contributed by atoms with E-state index in [0.29, 0.717) is 5.92 Å². The molecule has 0 radical (unpaired) electrons. The number of carbonyl (C=O) groups is 1. The average Bonchev–Trinajstić information content (AvgIpc) is 2.91. The normalized spacial score (nSPS) is 24.0. The fourth-order valence-electron chi connectivity index (χ4n) is 6.33. The number of hydrogen-bond donors (Lipinski definition) is 1. The van der Waals surface area contributed by atoms with Crippen LogP contribution >= 0.6 is 0 Å². The molecule has 188 valence electrons. The number of piperidine rings is 3. The third-order valence-corrected chi connectivity index (χ3v) is 8.16. The second-order valence-corrected chi connectivity index (χ2v) is 10.3. The molecule has 5 nitrogen and oxygen atoms in total. The Morgan fingerprint density at radius 2 is 1.50 bits per heavy atom. The predicted molar refractivity (Wildman–Crippen MR) is 136 cm³/mol. The summed E-state index contributed by atoms with van der Waals surface area (Å²) in [5, 5.41) is 3.50. The molecule has 1 N–H and O–H groups in total. The van der Waals surface area contributed by atoms with E-state index in [9.17, 15) is 4.79 Å².